The zero-order chi connectivity index (χ0) is 14.3. The average molecular weight is 293 g/mol. The lowest BCUT2D eigenvalue weighted by Gasteiger charge is -2.34. The molecule has 2 atom stereocenters. The van der Waals surface area contributed by atoms with Gasteiger partial charge in [0.25, 0.3) is 0 Å². The largest absolute Gasteiger partial charge is 0.388 e. The van der Waals surface area contributed by atoms with Crippen molar-refractivity contribution < 1.29 is 5.11 Å². The summed E-state index contributed by atoms with van der Waals surface area (Å²) in [7, 11) is 0. The molecule has 0 amide bonds. The molecule has 1 N–H and O–H groups in total. The number of thioether (sulfide) groups is 1. The van der Waals surface area contributed by atoms with Crippen LogP contribution in [0.3, 0.4) is 0 Å². The first-order valence-corrected chi connectivity index (χ1v) is 9.00. The van der Waals surface area contributed by atoms with E-state index < -0.39 is 0 Å². The fourth-order valence-corrected chi connectivity index (χ4v) is 5.10. The van der Waals surface area contributed by atoms with Crippen molar-refractivity contribution >= 4 is 11.8 Å². The minimum atomic E-state index is -0.271. The molecule has 1 aromatic rings. The van der Waals surface area contributed by atoms with Crippen LogP contribution in [0.4, 0.5) is 0 Å². The van der Waals surface area contributed by atoms with Gasteiger partial charge in [-0.15, -0.1) is 0 Å². The highest BCUT2D eigenvalue weighted by Gasteiger charge is 2.34. The van der Waals surface area contributed by atoms with Gasteiger partial charge in [0.15, 0.2) is 0 Å². The van der Waals surface area contributed by atoms with E-state index >= 15 is 0 Å². The molecule has 0 aromatic carbocycles. The summed E-state index contributed by atoms with van der Waals surface area (Å²) in [5.41, 5.74) is 4.15. The highest BCUT2D eigenvalue weighted by Crippen LogP contribution is 2.42. The third kappa shape index (κ3) is 2.80. The van der Waals surface area contributed by atoms with Crippen LogP contribution in [0.2, 0.25) is 0 Å². The van der Waals surface area contributed by atoms with Crippen molar-refractivity contribution in [3.63, 3.8) is 0 Å². The van der Waals surface area contributed by atoms with Crippen LogP contribution in [-0.2, 0) is 13.0 Å². The lowest BCUT2D eigenvalue weighted by atomic mass is 9.75. The first-order valence-electron chi connectivity index (χ1n) is 7.95. The average Bonchev–Trinajstić information content (AvgIpc) is 2.67. The van der Waals surface area contributed by atoms with E-state index in [-0.39, 0.29) is 11.5 Å². The lowest BCUT2D eigenvalue weighted by Crippen LogP contribution is -2.28. The van der Waals surface area contributed by atoms with Crippen molar-refractivity contribution in [1.29, 1.82) is 0 Å². The Morgan fingerprint density at radius 2 is 2.20 bits per heavy atom. The van der Waals surface area contributed by atoms with Crippen molar-refractivity contribution in [2.24, 2.45) is 5.41 Å². The number of aliphatic hydroxyl groups excluding tert-OH is 1. The van der Waals surface area contributed by atoms with Crippen LogP contribution in [0.5, 0.6) is 0 Å². The van der Waals surface area contributed by atoms with Gasteiger partial charge in [0.05, 0.1) is 6.10 Å². The van der Waals surface area contributed by atoms with Gasteiger partial charge in [0, 0.05) is 28.7 Å². The van der Waals surface area contributed by atoms with Gasteiger partial charge in [-0.05, 0) is 49.8 Å². The van der Waals surface area contributed by atoms with Crippen LogP contribution in [0.1, 0.15) is 62.6 Å². The summed E-state index contributed by atoms with van der Waals surface area (Å²) in [6.07, 6.45) is 5.84. The van der Waals surface area contributed by atoms with Crippen LogP contribution >= 0.6 is 11.8 Å². The summed E-state index contributed by atoms with van der Waals surface area (Å²) in [6.45, 7) is 7.89. The molecule has 1 aromatic heterocycles. The Morgan fingerprint density at radius 1 is 1.40 bits per heavy atom. The fraction of sp³-hybridized carbons (Fsp3) is 0.765. The van der Waals surface area contributed by atoms with E-state index in [9.17, 15) is 5.11 Å². The summed E-state index contributed by atoms with van der Waals surface area (Å²) < 4.78 is 2.50. The molecule has 3 rings (SSSR count). The number of fused-ring (bicyclic) bond motifs is 1. The summed E-state index contributed by atoms with van der Waals surface area (Å²) in [5.74, 6) is 1.32. The molecule has 1 fully saturated rings. The molecule has 0 radical (unpaired) electrons. The Labute approximate surface area is 127 Å². The molecular formula is C17H27NOS. The molecule has 2 unspecified atom stereocenters. The van der Waals surface area contributed by atoms with E-state index in [2.05, 4.69) is 43.2 Å². The second-order valence-corrected chi connectivity index (χ2v) is 8.76. The summed E-state index contributed by atoms with van der Waals surface area (Å²) in [6, 6.07) is 2.22. The van der Waals surface area contributed by atoms with E-state index in [0.29, 0.717) is 0 Å². The van der Waals surface area contributed by atoms with Crippen LogP contribution in [0.25, 0.3) is 0 Å². The second kappa shape index (κ2) is 5.42. The maximum absolute atomic E-state index is 10.4. The van der Waals surface area contributed by atoms with Crippen molar-refractivity contribution in [3.05, 3.63) is 23.0 Å². The van der Waals surface area contributed by atoms with Gasteiger partial charge in [0.2, 0.25) is 0 Å². The first-order chi connectivity index (χ1) is 9.46. The monoisotopic (exact) mass is 293 g/mol. The highest BCUT2D eigenvalue weighted by atomic mass is 32.2. The number of aryl methyl sites for hydroxylation is 1. The predicted octanol–water partition coefficient (Wildman–Crippen LogP) is 4.09. The van der Waals surface area contributed by atoms with Crippen molar-refractivity contribution in [2.45, 2.75) is 70.8 Å². The Bertz CT molecular complexity index is 485. The van der Waals surface area contributed by atoms with Gasteiger partial charge in [-0.25, -0.2) is 0 Å². The van der Waals surface area contributed by atoms with Crippen LogP contribution in [-0.4, -0.2) is 20.7 Å². The Balaban J connectivity index is 1.88. The Hall–Kier alpha value is -0.410. The molecule has 2 aliphatic rings. The van der Waals surface area contributed by atoms with Crippen LogP contribution < -0.4 is 0 Å². The van der Waals surface area contributed by atoms with Gasteiger partial charge >= 0.3 is 0 Å². The predicted molar refractivity (Wildman–Crippen MR) is 86.3 cm³/mol. The molecule has 112 valence electrons. The molecule has 1 aliphatic heterocycles. The zero-order valence-electron chi connectivity index (χ0n) is 13.0. The topological polar surface area (TPSA) is 25.2 Å². The quantitative estimate of drug-likeness (QED) is 0.888. The summed E-state index contributed by atoms with van der Waals surface area (Å²) in [5, 5.41) is 11.2. The fourth-order valence-electron chi connectivity index (χ4n) is 3.81. The van der Waals surface area contributed by atoms with Crippen molar-refractivity contribution in [3.8, 4) is 0 Å². The van der Waals surface area contributed by atoms with Crippen molar-refractivity contribution in [2.75, 3.05) is 5.75 Å². The SMILES string of the molecule is Cc1cc2c(n1CC1CCCCS1)CC(C)(C)CC2O. The number of aromatic nitrogens is 1. The van der Waals surface area contributed by atoms with E-state index in [1.165, 1.54) is 42.0 Å². The molecule has 1 saturated heterocycles. The molecule has 0 bridgehead atoms. The maximum Gasteiger partial charge on any atom is 0.0812 e. The number of hydrogen-bond acceptors (Lipinski definition) is 2. The smallest absolute Gasteiger partial charge is 0.0812 e. The molecule has 0 spiro atoms. The van der Waals surface area contributed by atoms with Crippen LogP contribution in [0, 0.1) is 12.3 Å². The van der Waals surface area contributed by atoms with E-state index in [0.717, 1.165) is 24.6 Å². The molecular weight excluding hydrogens is 266 g/mol. The molecule has 1 aliphatic carbocycles. The molecule has 2 nitrogen and oxygen atoms in total. The normalized spacial score (nSPS) is 29.2. The van der Waals surface area contributed by atoms with Gasteiger partial charge in [-0.3, -0.25) is 0 Å². The van der Waals surface area contributed by atoms with Gasteiger partial charge in [-0.1, -0.05) is 20.3 Å². The lowest BCUT2D eigenvalue weighted by molar-refractivity contribution is 0.0979. The van der Waals surface area contributed by atoms with E-state index in [4.69, 9.17) is 0 Å². The number of rotatable bonds is 2. The number of hydrogen-bond donors (Lipinski definition) is 1. The third-order valence-corrected chi connectivity index (χ3v) is 6.24. The number of nitrogens with zero attached hydrogens (tertiary/aromatic N) is 1. The van der Waals surface area contributed by atoms with Gasteiger partial charge < -0.3 is 9.67 Å². The summed E-state index contributed by atoms with van der Waals surface area (Å²) in [4.78, 5) is 0. The second-order valence-electron chi connectivity index (χ2n) is 7.35. The molecule has 0 saturated carbocycles. The number of aliphatic hydroxyl groups is 1. The summed E-state index contributed by atoms with van der Waals surface area (Å²) >= 11 is 2.14. The Kier molecular flexibility index (Phi) is 3.93. The zero-order valence-corrected chi connectivity index (χ0v) is 13.8. The van der Waals surface area contributed by atoms with Crippen molar-refractivity contribution in [1.82, 2.24) is 4.57 Å². The molecule has 2 heterocycles. The minimum absolute atomic E-state index is 0.217. The molecule has 20 heavy (non-hydrogen) atoms. The van der Waals surface area contributed by atoms with E-state index in [1.54, 1.807) is 0 Å². The standard InChI is InChI=1S/C17H27NOS/c1-12-8-14-15(9-17(2,3)10-16(14)19)18(12)11-13-6-4-5-7-20-13/h8,13,16,19H,4-7,9-11H2,1-3H3. The third-order valence-electron chi connectivity index (χ3n) is 4.86. The first kappa shape index (κ1) is 14.5. The maximum atomic E-state index is 10.4. The Morgan fingerprint density at radius 3 is 2.90 bits per heavy atom. The van der Waals surface area contributed by atoms with Crippen LogP contribution in [0.15, 0.2) is 6.07 Å². The minimum Gasteiger partial charge on any atom is -0.388 e. The molecule has 3 heteroatoms. The van der Waals surface area contributed by atoms with E-state index in [1.807, 2.05) is 0 Å². The highest BCUT2D eigenvalue weighted by molar-refractivity contribution is 7.99. The van der Waals surface area contributed by atoms with Gasteiger partial charge in [0.1, 0.15) is 0 Å². The van der Waals surface area contributed by atoms with Gasteiger partial charge in [-0.2, -0.15) is 11.8 Å².